The molecule has 0 aromatic heterocycles. The number of carboxylic acid groups (broad SMARTS) is 2. The second-order valence-electron chi connectivity index (χ2n) is 40.7. The first-order chi connectivity index (χ1) is 67.8. The number of phenols is 8. The molecular weight excluding hydrogens is 1910 g/mol. The number of aliphatic hydroxyl groups is 8. The zero-order chi connectivity index (χ0) is 103. The lowest BCUT2D eigenvalue weighted by molar-refractivity contribution is -0.291. The minimum atomic E-state index is -2.14. The van der Waals surface area contributed by atoms with Crippen LogP contribution >= 0.6 is 0 Å². The van der Waals surface area contributed by atoms with Crippen molar-refractivity contribution in [3.8, 4) is 46.0 Å². The van der Waals surface area contributed by atoms with Crippen molar-refractivity contribution in [3.05, 3.63) is 134 Å². The molecule has 144 heavy (non-hydrogen) atoms. The minimum Gasteiger partial charge on any atom is -0.507 e. The van der Waals surface area contributed by atoms with Crippen molar-refractivity contribution in [2.24, 2.45) is 0 Å². The number of ketones is 8. The number of fused-ring (bicyclic) bond motifs is 20. The summed E-state index contributed by atoms with van der Waals surface area (Å²) in [6.07, 6.45) is -24.1. The molecule has 28 rings (SSSR count). The van der Waals surface area contributed by atoms with Gasteiger partial charge in [-0.2, -0.15) is 0 Å². The van der Waals surface area contributed by atoms with Gasteiger partial charge in [-0.25, -0.2) is 0 Å². The van der Waals surface area contributed by atoms with Crippen LogP contribution in [-0.4, -0.2) is 319 Å². The lowest BCUT2D eigenvalue weighted by Gasteiger charge is -2.54. The number of carbonyl (C=O) groups excluding carboxylic acids is 10. The van der Waals surface area contributed by atoms with Crippen molar-refractivity contribution in [2.75, 3.05) is 0 Å². The highest BCUT2D eigenvalue weighted by atomic mass is 16.7. The highest BCUT2D eigenvalue weighted by Gasteiger charge is 2.70. The number of hydrogen-bond donors (Lipinski definition) is 18. The van der Waals surface area contributed by atoms with Gasteiger partial charge in [-0.3, -0.25) is 57.5 Å². The van der Waals surface area contributed by atoms with Crippen LogP contribution < -0.4 is 0 Å². The Labute approximate surface area is 814 Å². The third-order valence-corrected chi connectivity index (χ3v) is 32.8. The largest absolute Gasteiger partial charge is 0.507 e. The molecule has 8 fully saturated rings. The average Bonchev–Trinajstić information content (AvgIpc) is 0.816. The van der Waals surface area contributed by atoms with Crippen LogP contribution in [0.25, 0.3) is 0 Å². The number of Topliss-reactive ketones (excluding diaryl/α,β-unsaturated/α-hetero) is 8. The van der Waals surface area contributed by atoms with Crippen LogP contribution in [0, 0.1) is 0 Å². The molecule has 18 N–H and O–H groups in total. The highest BCUT2D eigenvalue weighted by molar-refractivity contribution is 6.34. The van der Waals surface area contributed by atoms with E-state index in [9.17, 15) is 144 Å². The van der Waals surface area contributed by atoms with Gasteiger partial charge in [0.2, 0.25) is 0 Å². The Morgan fingerprint density at radius 2 is 0.590 bits per heavy atom. The van der Waals surface area contributed by atoms with E-state index in [0.29, 0.717) is 25.7 Å². The fourth-order valence-corrected chi connectivity index (χ4v) is 25.9. The minimum absolute atomic E-state index is 0.0358. The Hall–Kier alpha value is -11.3. The van der Waals surface area contributed by atoms with Gasteiger partial charge in [0.1, 0.15) is 80.6 Å². The Morgan fingerprint density at radius 3 is 0.896 bits per heavy atom. The summed E-state index contributed by atoms with van der Waals surface area (Å²) in [5.41, 5.74) is -12.8. The molecule has 0 radical (unpaired) electrons. The first-order valence-electron chi connectivity index (χ1n) is 47.9. The smallest absolute Gasteiger partial charge is 0.309 e. The molecule has 0 amide bonds. The Bertz CT molecular complexity index is 6580. The summed E-state index contributed by atoms with van der Waals surface area (Å²) in [4.78, 5) is 157. The Balaban J connectivity index is 0.000000114. The van der Waals surface area contributed by atoms with Crippen molar-refractivity contribution < 1.29 is 216 Å². The number of hydrogen-bond acceptors (Lipinski definition) is 42. The molecule has 8 saturated heterocycles. The van der Waals surface area contributed by atoms with Gasteiger partial charge in [0.25, 0.3) is 0 Å². The SMILES string of the molecule is CC1OC2CC(O)C1(O)C1=C2C(=O)c2c(O)c3c(c(O)c2C1=O)[C@H](C)O[C@@H](CC(=O)O)C3.CC1OC2CC(O)C1(O)C1=C2C(=O)c2c(O)c3c(c(O)c2C1=O)[C@H](C)O[C@H]1CC(=O)O[C@@H]31.CC1OC2CC(O[C@H]3CC[C@H](O)[C@H](C)O3)C1(O)C1=C2C(=O)c2c(O)c3c(c(O)c2C1=O)[C@H](C)O[C@@H](CC(=O)O)C3.CC1OC2CC(O[C@H]3CC[C@H](O)[C@H](C)O3)C1(O)C1=C2C(=O)c2c(O)c3c(c(O)c2C1=O)[C@H](C)O[C@H]1CC(=O)O[C@@H]31. The highest BCUT2D eigenvalue weighted by Crippen LogP contribution is 2.64. The van der Waals surface area contributed by atoms with Crippen LogP contribution in [0.2, 0.25) is 0 Å². The molecule has 32 atom stereocenters. The number of aromatic hydroxyl groups is 8. The number of aliphatic carboxylic acids is 2. The number of phenolic OH excluding ortho intramolecular Hbond substituents is 8. The van der Waals surface area contributed by atoms with E-state index >= 15 is 0 Å². The third kappa shape index (κ3) is 13.8. The summed E-state index contributed by atoms with van der Waals surface area (Å²) in [5.74, 6) is -14.2. The summed E-state index contributed by atoms with van der Waals surface area (Å²) >= 11 is 0. The second kappa shape index (κ2) is 34.1. The molecule has 44 heteroatoms. The summed E-state index contributed by atoms with van der Waals surface area (Å²) in [6.45, 7) is 15.8. The molecule has 4 aromatic carbocycles. The van der Waals surface area contributed by atoms with Gasteiger partial charge in [-0.1, -0.05) is 0 Å². The van der Waals surface area contributed by atoms with E-state index in [1.165, 1.54) is 20.8 Å². The van der Waals surface area contributed by atoms with E-state index in [-0.39, 0.29) is 153 Å². The molecule has 0 saturated carbocycles. The number of benzene rings is 4. The van der Waals surface area contributed by atoms with E-state index < -0.39 is 354 Å². The van der Waals surface area contributed by atoms with Crippen LogP contribution in [0.4, 0.5) is 0 Å². The monoisotopic (exact) mass is 2010 g/mol. The summed E-state index contributed by atoms with van der Waals surface area (Å²) < 4.78 is 80.7. The van der Waals surface area contributed by atoms with E-state index in [1.807, 2.05) is 0 Å². The topological polar surface area (TPSA) is 698 Å². The van der Waals surface area contributed by atoms with Crippen LogP contribution in [0.15, 0.2) is 44.6 Å². The molecule has 8 bridgehead atoms. The van der Waals surface area contributed by atoms with Crippen molar-refractivity contribution >= 4 is 70.1 Å². The molecule has 768 valence electrons. The van der Waals surface area contributed by atoms with E-state index in [2.05, 4.69) is 0 Å². The van der Waals surface area contributed by atoms with Crippen molar-refractivity contribution in [1.82, 2.24) is 0 Å². The predicted molar refractivity (Wildman–Crippen MR) is 470 cm³/mol. The van der Waals surface area contributed by atoms with Crippen LogP contribution in [0.3, 0.4) is 0 Å². The molecule has 0 spiro atoms. The number of rotatable bonds is 8. The van der Waals surface area contributed by atoms with E-state index in [0.717, 1.165) is 0 Å². The lowest BCUT2D eigenvalue weighted by Crippen LogP contribution is -2.67. The molecule has 16 unspecified atom stereocenters. The maximum absolute atomic E-state index is 14.2. The molecule has 8 aliphatic carbocycles. The van der Waals surface area contributed by atoms with Gasteiger partial charge in [0, 0.05) is 140 Å². The Morgan fingerprint density at radius 1 is 0.319 bits per heavy atom. The molecule has 16 heterocycles. The predicted octanol–water partition coefficient (Wildman–Crippen LogP) is 3.90. The summed E-state index contributed by atoms with van der Waals surface area (Å²) in [6, 6.07) is 0. The third-order valence-electron chi connectivity index (χ3n) is 32.8. The summed E-state index contributed by atoms with van der Waals surface area (Å²) in [5, 5.41) is 196. The normalized spacial score (nSPS) is 39.0. The molecule has 16 aliphatic heterocycles. The van der Waals surface area contributed by atoms with Gasteiger partial charge in [-0.15, -0.1) is 0 Å². The molecule has 4 aromatic rings. The summed E-state index contributed by atoms with van der Waals surface area (Å²) in [7, 11) is 0. The second-order valence-corrected chi connectivity index (χ2v) is 40.7. The van der Waals surface area contributed by atoms with Gasteiger partial charge in [-0.05, 0) is 82.1 Å². The molecule has 44 nitrogen and oxygen atoms in total. The fraction of sp³-hybridized carbons (Fsp3) is 0.560. The maximum atomic E-state index is 14.2. The van der Waals surface area contributed by atoms with Crippen molar-refractivity contribution in [2.45, 2.75) is 353 Å². The number of carbonyl (C=O) groups is 12. The van der Waals surface area contributed by atoms with Gasteiger partial charge in [0.05, 0.1) is 204 Å². The number of carboxylic acids is 2. The van der Waals surface area contributed by atoms with Crippen molar-refractivity contribution in [3.63, 3.8) is 0 Å². The fourth-order valence-electron chi connectivity index (χ4n) is 25.9. The molecular formula is C100H104O44. The number of esters is 2. The quantitative estimate of drug-likeness (QED) is 0.0878. The first-order valence-corrected chi connectivity index (χ1v) is 47.9. The zero-order valence-electron chi connectivity index (χ0n) is 78.7. The standard InChI is InChI=1S/C28H30O12.C28H32O12.C22H20O10.C22H22O10/c1-8-11(29)4-5-16(37-8)39-14-6-12-18-22(28(14,35)10(3)38-12)26(34)20-19(24(18)32)25(33)21-17(23(20)31)9(2)36-13-7-15(30)40-27(13)21;1-9-14(29)4-5-18(38-9)40-16-8-15-20-23(28(16,36)11(3)39-15)27(35)22-21(26(20)34)24(32)13-6-12(7-17(30)31)37-10(2)19(13)25(22)33;1-5-11-15(21-8(30-5)4-10(24)32-21)19(27)13-14(17(11)25)20(28)16-12(18(13)26)7-3-9(23)22(16,29)6(2)31-7;1-6-13-9(3-8(31-6)4-12(24)25)18(26)15-16(19(13)27)21(29)17-14(20(15)28)10-5-11(23)22(17,30)7(2)32-10/h8-14,16,27,29,31,33,35H,4-7H2,1-3H3;9-12,14-16,18,29,32-33,36H,4-8H2,1-3H3,(H,30,31);5-9,21,23,25,27,29H,3-4H2,1-2H3;6-8,10-11,23,26-27,30H,3-5H2,1-2H3,(H,24,25)/t8-,9-,10?,11-,12?,13-,14?,16-,27+,28?;9-,10-,11?,12+,14-,15?,16?,18-,28?;5-,6?,7?,8-,9?,21+,22?;6-,7?,8+,10?,11?,22?/m0000/s1. The van der Waals surface area contributed by atoms with Crippen LogP contribution in [-0.2, 0) is 98.3 Å². The first kappa shape index (κ1) is 98.7. The number of ether oxygens (including phenoxy) is 14. The Kier molecular flexibility index (Phi) is 23.4. The number of aliphatic hydroxyl groups excluding tert-OH is 4. The zero-order valence-corrected chi connectivity index (χ0v) is 78.7. The van der Waals surface area contributed by atoms with Crippen LogP contribution in [0.1, 0.15) is 310 Å². The van der Waals surface area contributed by atoms with Crippen LogP contribution in [0.5, 0.6) is 46.0 Å². The van der Waals surface area contributed by atoms with Crippen molar-refractivity contribution in [1.29, 1.82) is 0 Å². The van der Waals surface area contributed by atoms with E-state index in [4.69, 9.17) is 71.4 Å². The molecule has 24 aliphatic rings. The van der Waals surface area contributed by atoms with Gasteiger partial charge in [0.15, 0.2) is 71.1 Å². The van der Waals surface area contributed by atoms with Gasteiger partial charge < -0.3 is 158 Å². The van der Waals surface area contributed by atoms with Gasteiger partial charge >= 0.3 is 23.9 Å². The maximum Gasteiger partial charge on any atom is 0.309 e. The van der Waals surface area contributed by atoms with E-state index in [1.54, 1.807) is 48.5 Å². The average molecular weight is 2010 g/mol. The lowest BCUT2D eigenvalue weighted by atomic mass is 9.63.